The van der Waals surface area contributed by atoms with Crippen molar-refractivity contribution in [1.82, 2.24) is 15.1 Å². The second-order valence-electron chi connectivity index (χ2n) is 6.18. The van der Waals surface area contributed by atoms with E-state index < -0.39 is 0 Å². The van der Waals surface area contributed by atoms with Gasteiger partial charge in [0.05, 0.1) is 11.7 Å². The molecule has 1 unspecified atom stereocenters. The monoisotopic (exact) mass is 340 g/mol. The summed E-state index contributed by atoms with van der Waals surface area (Å²) in [4.78, 5) is 16.4. The number of nitrogens with zero attached hydrogens (tertiary/aromatic N) is 2. The summed E-state index contributed by atoms with van der Waals surface area (Å²) in [6, 6.07) is 9.69. The number of benzene rings is 1. The van der Waals surface area contributed by atoms with Crippen LogP contribution in [-0.4, -0.2) is 34.1 Å². The van der Waals surface area contributed by atoms with Gasteiger partial charge in [0.25, 0.3) is 0 Å². The molecule has 0 saturated carbocycles. The lowest BCUT2D eigenvalue weighted by Crippen LogP contribution is -2.39. The lowest BCUT2D eigenvalue weighted by atomic mass is 10.1. The quantitative estimate of drug-likeness (QED) is 0.759. The molecular formula is C18H20N4OS. The molecule has 4 rings (SSSR count). The molecule has 3 aromatic rings. The number of carbonyl (C=O) groups is 1. The van der Waals surface area contributed by atoms with Crippen LogP contribution in [0.3, 0.4) is 0 Å². The fraction of sp³-hybridized carbons (Fsp3) is 0.333. The molecule has 1 aliphatic rings. The maximum atomic E-state index is 13.0. The van der Waals surface area contributed by atoms with Crippen LogP contribution in [0.15, 0.2) is 41.9 Å². The van der Waals surface area contributed by atoms with Crippen molar-refractivity contribution in [1.29, 1.82) is 0 Å². The molecule has 0 spiro atoms. The second-order valence-corrected chi connectivity index (χ2v) is 7.16. The van der Waals surface area contributed by atoms with Gasteiger partial charge < -0.3 is 5.32 Å². The maximum absolute atomic E-state index is 13.0. The maximum Gasteiger partial charge on any atom is 0.247 e. The number of carbonyl (C=O) groups excluding carboxylic acids is 1. The third kappa shape index (κ3) is 3.07. The molecule has 1 atom stereocenters. The minimum atomic E-state index is -0.203. The van der Waals surface area contributed by atoms with Gasteiger partial charge in [0, 0.05) is 16.0 Å². The molecule has 24 heavy (non-hydrogen) atoms. The van der Waals surface area contributed by atoms with Crippen molar-refractivity contribution in [2.75, 3.05) is 18.4 Å². The first-order valence-electron chi connectivity index (χ1n) is 8.33. The van der Waals surface area contributed by atoms with Crippen LogP contribution in [0, 0.1) is 0 Å². The van der Waals surface area contributed by atoms with Crippen LogP contribution in [0.1, 0.15) is 30.2 Å². The molecule has 5 nitrogen and oxygen atoms in total. The first kappa shape index (κ1) is 15.4. The summed E-state index contributed by atoms with van der Waals surface area (Å²) in [6.45, 7) is 1.97. The number of amides is 1. The number of aromatic amines is 1. The van der Waals surface area contributed by atoms with Gasteiger partial charge in [-0.25, -0.2) is 0 Å². The van der Waals surface area contributed by atoms with E-state index in [2.05, 4.69) is 26.5 Å². The van der Waals surface area contributed by atoms with Gasteiger partial charge >= 0.3 is 0 Å². The number of H-pyrrole nitrogens is 1. The Morgan fingerprint density at radius 3 is 2.92 bits per heavy atom. The van der Waals surface area contributed by atoms with E-state index in [9.17, 15) is 4.79 Å². The molecule has 0 radical (unpaired) electrons. The van der Waals surface area contributed by atoms with E-state index in [0.717, 1.165) is 47.4 Å². The Morgan fingerprint density at radius 1 is 1.25 bits per heavy atom. The fourth-order valence-electron chi connectivity index (χ4n) is 3.33. The average Bonchev–Trinajstić information content (AvgIpc) is 3.27. The fourth-order valence-corrected chi connectivity index (χ4v) is 4.19. The Kier molecular flexibility index (Phi) is 4.32. The summed E-state index contributed by atoms with van der Waals surface area (Å²) in [6.07, 6.45) is 5.35. The van der Waals surface area contributed by atoms with Gasteiger partial charge in [-0.15, -0.1) is 11.3 Å². The van der Waals surface area contributed by atoms with Crippen molar-refractivity contribution in [3.63, 3.8) is 0 Å². The van der Waals surface area contributed by atoms with Crippen LogP contribution in [-0.2, 0) is 4.79 Å². The van der Waals surface area contributed by atoms with Crippen molar-refractivity contribution in [3.05, 3.63) is 46.8 Å². The molecule has 1 fully saturated rings. The molecule has 2 aromatic heterocycles. The van der Waals surface area contributed by atoms with E-state index in [4.69, 9.17) is 0 Å². The molecule has 0 aliphatic carbocycles. The highest BCUT2D eigenvalue weighted by Gasteiger charge is 2.29. The highest BCUT2D eigenvalue weighted by Crippen LogP contribution is 2.29. The largest absolute Gasteiger partial charge is 0.324 e. The number of rotatable bonds is 4. The molecule has 1 aliphatic heterocycles. The topological polar surface area (TPSA) is 61.0 Å². The number of likely N-dealkylation sites (tertiary alicyclic amines) is 1. The molecule has 2 N–H and O–H groups in total. The molecule has 1 amide bonds. The predicted molar refractivity (Wildman–Crippen MR) is 97.2 cm³/mol. The van der Waals surface area contributed by atoms with E-state index >= 15 is 0 Å². The van der Waals surface area contributed by atoms with Crippen LogP contribution < -0.4 is 5.32 Å². The second kappa shape index (κ2) is 6.75. The van der Waals surface area contributed by atoms with Gasteiger partial charge in [-0.1, -0.05) is 12.5 Å². The van der Waals surface area contributed by atoms with Crippen molar-refractivity contribution in [2.45, 2.75) is 25.3 Å². The van der Waals surface area contributed by atoms with Crippen LogP contribution in [0.4, 0.5) is 5.69 Å². The molecule has 124 valence electrons. The molecule has 1 aromatic carbocycles. The number of hydrogen-bond donors (Lipinski definition) is 2. The SMILES string of the molecule is O=C(Nc1ccc2[nH]ncc2c1)C(c1cccs1)N1CCCCC1. The zero-order valence-corrected chi connectivity index (χ0v) is 14.2. The molecule has 6 heteroatoms. The zero-order valence-electron chi connectivity index (χ0n) is 13.4. The van der Waals surface area contributed by atoms with E-state index in [-0.39, 0.29) is 11.9 Å². The molecular weight excluding hydrogens is 320 g/mol. The third-order valence-corrected chi connectivity index (χ3v) is 5.45. The van der Waals surface area contributed by atoms with Crippen molar-refractivity contribution in [2.24, 2.45) is 0 Å². The van der Waals surface area contributed by atoms with Crippen LogP contribution in [0.2, 0.25) is 0 Å². The number of aromatic nitrogens is 2. The zero-order chi connectivity index (χ0) is 16.4. The average molecular weight is 340 g/mol. The molecule has 3 heterocycles. The number of nitrogens with one attached hydrogen (secondary N) is 2. The summed E-state index contributed by atoms with van der Waals surface area (Å²) >= 11 is 1.65. The molecule has 1 saturated heterocycles. The summed E-state index contributed by atoms with van der Waals surface area (Å²) in [5.41, 5.74) is 1.78. The number of hydrogen-bond acceptors (Lipinski definition) is 4. The smallest absolute Gasteiger partial charge is 0.247 e. The number of anilines is 1. The standard InChI is InChI=1S/C18H20N4OS/c23-18(20-14-6-7-15-13(11-14)12-19-21-15)17(16-5-4-10-24-16)22-8-2-1-3-9-22/h4-7,10-12,17H,1-3,8-9H2,(H,19,21)(H,20,23). The Bertz CT molecular complexity index is 821. The van der Waals surface area contributed by atoms with Gasteiger partial charge in [0.1, 0.15) is 6.04 Å². The highest BCUT2D eigenvalue weighted by atomic mass is 32.1. The van der Waals surface area contributed by atoms with E-state index in [0.29, 0.717) is 0 Å². The van der Waals surface area contributed by atoms with Crippen LogP contribution in [0.25, 0.3) is 10.9 Å². The first-order chi connectivity index (χ1) is 11.8. The summed E-state index contributed by atoms with van der Waals surface area (Å²) in [5, 5.41) is 13.1. The van der Waals surface area contributed by atoms with Gasteiger partial charge in [0.15, 0.2) is 0 Å². The Balaban J connectivity index is 1.58. The summed E-state index contributed by atoms with van der Waals surface area (Å²) < 4.78 is 0. The van der Waals surface area contributed by atoms with Gasteiger partial charge in [0.2, 0.25) is 5.91 Å². The number of thiophene rings is 1. The lowest BCUT2D eigenvalue weighted by molar-refractivity contribution is -0.121. The van der Waals surface area contributed by atoms with Crippen LogP contribution in [0.5, 0.6) is 0 Å². The van der Waals surface area contributed by atoms with E-state index in [1.807, 2.05) is 29.6 Å². The minimum Gasteiger partial charge on any atom is -0.324 e. The predicted octanol–water partition coefficient (Wildman–Crippen LogP) is 3.79. The Labute approximate surface area is 144 Å². The van der Waals surface area contributed by atoms with E-state index in [1.54, 1.807) is 17.5 Å². The molecule has 0 bridgehead atoms. The van der Waals surface area contributed by atoms with Gasteiger partial charge in [-0.3, -0.25) is 14.8 Å². The summed E-state index contributed by atoms with van der Waals surface area (Å²) in [7, 11) is 0. The van der Waals surface area contributed by atoms with Crippen LogP contribution >= 0.6 is 11.3 Å². The van der Waals surface area contributed by atoms with Gasteiger partial charge in [-0.2, -0.15) is 5.10 Å². The van der Waals surface area contributed by atoms with Crippen molar-refractivity contribution in [3.8, 4) is 0 Å². The summed E-state index contributed by atoms with van der Waals surface area (Å²) in [5.74, 6) is 0.0437. The lowest BCUT2D eigenvalue weighted by Gasteiger charge is -2.33. The van der Waals surface area contributed by atoms with Crippen molar-refractivity contribution < 1.29 is 4.79 Å². The van der Waals surface area contributed by atoms with Crippen molar-refractivity contribution >= 4 is 33.8 Å². The Hall–Kier alpha value is -2.18. The minimum absolute atomic E-state index is 0.0437. The first-order valence-corrected chi connectivity index (χ1v) is 9.21. The number of fused-ring (bicyclic) bond motifs is 1. The third-order valence-electron chi connectivity index (χ3n) is 4.52. The van der Waals surface area contributed by atoms with E-state index in [1.165, 1.54) is 6.42 Å². The highest BCUT2D eigenvalue weighted by molar-refractivity contribution is 7.10. The normalized spacial score (nSPS) is 17.0. The Morgan fingerprint density at radius 2 is 2.12 bits per heavy atom. The number of piperidine rings is 1. The van der Waals surface area contributed by atoms with Gasteiger partial charge in [-0.05, 0) is 55.6 Å².